The van der Waals surface area contributed by atoms with Crippen LogP contribution in [0.2, 0.25) is 0 Å². The van der Waals surface area contributed by atoms with Crippen LogP contribution in [-0.4, -0.2) is 43.3 Å². The number of rotatable bonds is 8. The van der Waals surface area contributed by atoms with E-state index in [4.69, 9.17) is 14.6 Å². The third kappa shape index (κ3) is 5.20. The zero-order valence-corrected chi connectivity index (χ0v) is 13.1. The molecule has 1 rings (SSSR count). The summed E-state index contributed by atoms with van der Waals surface area (Å²) in [7, 11) is 1.43. The number of halogens is 1. The topological polar surface area (TPSA) is 84.9 Å². The molecule has 21 heavy (non-hydrogen) atoms. The maximum atomic E-state index is 12.1. The highest BCUT2D eigenvalue weighted by molar-refractivity contribution is 9.10. The zero-order valence-electron chi connectivity index (χ0n) is 11.5. The first-order chi connectivity index (χ1) is 9.99. The first-order valence-corrected chi connectivity index (χ1v) is 6.84. The Labute approximate surface area is 130 Å². The third-order valence-corrected chi connectivity index (χ3v) is 3.03. The number of amides is 1. The Morgan fingerprint density at radius 1 is 1.52 bits per heavy atom. The van der Waals surface area contributed by atoms with E-state index in [-0.39, 0.29) is 18.8 Å². The number of carbonyl (C=O) groups excluding carboxylic acids is 1. The van der Waals surface area contributed by atoms with Crippen molar-refractivity contribution in [3.8, 4) is 5.75 Å². The molecule has 114 valence electrons. The highest BCUT2D eigenvalue weighted by atomic mass is 79.9. The average Bonchev–Trinajstić information content (AvgIpc) is 2.45. The van der Waals surface area contributed by atoms with E-state index in [1.165, 1.54) is 13.2 Å². The van der Waals surface area contributed by atoms with E-state index < -0.39 is 17.9 Å². The fourth-order valence-electron chi connectivity index (χ4n) is 1.53. The van der Waals surface area contributed by atoms with Crippen molar-refractivity contribution in [2.45, 2.75) is 6.04 Å². The van der Waals surface area contributed by atoms with Gasteiger partial charge in [-0.25, -0.2) is 4.79 Å². The molecule has 0 aliphatic rings. The number of nitrogens with one attached hydrogen (secondary N) is 1. The molecule has 0 aromatic heterocycles. The number of hydrogen-bond donors (Lipinski definition) is 2. The van der Waals surface area contributed by atoms with Crippen LogP contribution in [0.4, 0.5) is 0 Å². The molecule has 0 spiro atoms. The van der Waals surface area contributed by atoms with E-state index in [1.807, 2.05) is 0 Å². The lowest BCUT2D eigenvalue weighted by Gasteiger charge is -2.15. The van der Waals surface area contributed by atoms with E-state index in [9.17, 15) is 9.59 Å². The van der Waals surface area contributed by atoms with Crippen LogP contribution in [0.3, 0.4) is 0 Å². The maximum Gasteiger partial charge on any atom is 0.328 e. The van der Waals surface area contributed by atoms with Crippen LogP contribution in [0.15, 0.2) is 35.3 Å². The summed E-state index contributed by atoms with van der Waals surface area (Å²) in [4.78, 5) is 23.2. The zero-order chi connectivity index (χ0) is 15.8. The molecule has 1 unspecified atom stereocenters. The fourth-order valence-corrected chi connectivity index (χ4v) is 1.87. The van der Waals surface area contributed by atoms with Crippen LogP contribution in [0.1, 0.15) is 10.4 Å². The number of carboxylic acid groups (broad SMARTS) is 1. The van der Waals surface area contributed by atoms with E-state index in [1.54, 1.807) is 18.2 Å². The van der Waals surface area contributed by atoms with Gasteiger partial charge in [-0.15, -0.1) is 6.58 Å². The molecule has 1 atom stereocenters. The molecule has 0 aliphatic heterocycles. The monoisotopic (exact) mass is 357 g/mol. The Kier molecular flexibility index (Phi) is 6.90. The van der Waals surface area contributed by atoms with Crippen LogP contribution in [-0.2, 0) is 9.53 Å². The molecule has 0 heterocycles. The maximum absolute atomic E-state index is 12.1. The minimum Gasteiger partial charge on any atom is -0.496 e. The lowest BCUT2D eigenvalue weighted by atomic mass is 10.1. The summed E-state index contributed by atoms with van der Waals surface area (Å²) in [6, 6.07) is 3.69. The number of aliphatic carboxylic acids is 1. The number of hydrogen-bond acceptors (Lipinski definition) is 4. The second-order valence-electron chi connectivity index (χ2n) is 4.04. The average molecular weight is 358 g/mol. The minimum absolute atomic E-state index is 0.147. The second kappa shape index (κ2) is 8.43. The fraction of sp³-hybridized carbons (Fsp3) is 0.286. The molecular weight excluding hydrogens is 342 g/mol. The van der Waals surface area contributed by atoms with Gasteiger partial charge in [-0.1, -0.05) is 22.0 Å². The molecular formula is C14H16BrNO5. The quantitative estimate of drug-likeness (QED) is 0.547. The van der Waals surface area contributed by atoms with Gasteiger partial charge in [0.05, 0.1) is 25.9 Å². The van der Waals surface area contributed by atoms with Crippen LogP contribution in [0, 0.1) is 0 Å². The smallest absolute Gasteiger partial charge is 0.328 e. The normalized spacial score (nSPS) is 11.5. The SMILES string of the molecule is C=CCOCC(NC(=O)c1ccc(Br)cc1OC)C(=O)O. The summed E-state index contributed by atoms with van der Waals surface area (Å²) in [5.41, 5.74) is 0.246. The van der Waals surface area contributed by atoms with Gasteiger partial charge in [0.1, 0.15) is 5.75 Å². The van der Waals surface area contributed by atoms with Gasteiger partial charge in [-0.3, -0.25) is 4.79 Å². The largest absolute Gasteiger partial charge is 0.496 e. The van der Waals surface area contributed by atoms with Crippen molar-refractivity contribution in [1.29, 1.82) is 0 Å². The summed E-state index contributed by atoms with van der Waals surface area (Å²) >= 11 is 3.27. The molecule has 7 heteroatoms. The van der Waals surface area contributed by atoms with E-state index in [0.29, 0.717) is 5.75 Å². The van der Waals surface area contributed by atoms with Gasteiger partial charge in [0.2, 0.25) is 0 Å². The number of carboxylic acids is 1. The predicted octanol–water partition coefficient (Wildman–Crippen LogP) is 1.84. The molecule has 0 saturated heterocycles. The number of ether oxygens (including phenoxy) is 2. The van der Waals surface area contributed by atoms with Crippen molar-refractivity contribution in [2.75, 3.05) is 20.3 Å². The Morgan fingerprint density at radius 3 is 2.81 bits per heavy atom. The molecule has 0 aliphatic carbocycles. The molecule has 0 saturated carbocycles. The highest BCUT2D eigenvalue weighted by Crippen LogP contribution is 2.23. The summed E-state index contributed by atoms with van der Waals surface area (Å²) in [5, 5.41) is 11.5. The molecule has 1 amide bonds. The molecule has 6 nitrogen and oxygen atoms in total. The summed E-state index contributed by atoms with van der Waals surface area (Å²) < 4.78 is 10.9. The standard InChI is InChI=1S/C14H16BrNO5/c1-3-6-21-8-11(14(18)19)16-13(17)10-5-4-9(15)7-12(10)20-2/h3-5,7,11H,1,6,8H2,2H3,(H,16,17)(H,18,19). The van der Waals surface area contributed by atoms with E-state index >= 15 is 0 Å². The van der Waals surface area contributed by atoms with Crippen LogP contribution in [0.25, 0.3) is 0 Å². The van der Waals surface area contributed by atoms with Gasteiger partial charge in [-0.2, -0.15) is 0 Å². The Bertz CT molecular complexity index is 532. The second-order valence-corrected chi connectivity index (χ2v) is 4.95. The van der Waals surface area contributed by atoms with Gasteiger partial charge in [-0.05, 0) is 18.2 Å². The van der Waals surface area contributed by atoms with Crippen molar-refractivity contribution in [3.63, 3.8) is 0 Å². The van der Waals surface area contributed by atoms with Crippen LogP contribution in [0.5, 0.6) is 5.75 Å². The van der Waals surface area contributed by atoms with E-state index in [0.717, 1.165) is 4.47 Å². The lowest BCUT2D eigenvalue weighted by Crippen LogP contribution is -2.44. The lowest BCUT2D eigenvalue weighted by molar-refractivity contribution is -0.140. The van der Waals surface area contributed by atoms with Gasteiger partial charge in [0.15, 0.2) is 6.04 Å². The molecule has 0 radical (unpaired) electrons. The Hall–Kier alpha value is -1.86. The van der Waals surface area contributed by atoms with E-state index in [2.05, 4.69) is 27.8 Å². The predicted molar refractivity (Wildman–Crippen MR) is 80.6 cm³/mol. The minimum atomic E-state index is -1.18. The van der Waals surface area contributed by atoms with Crippen molar-refractivity contribution in [1.82, 2.24) is 5.32 Å². The van der Waals surface area contributed by atoms with Crippen molar-refractivity contribution in [2.24, 2.45) is 0 Å². The van der Waals surface area contributed by atoms with Crippen molar-refractivity contribution in [3.05, 3.63) is 40.9 Å². The van der Waals surface area contributed by atoms with Gasteiger partial charge >= 0.3 is 5.97 Å². The summed E-state index contributed by atoms with van der Waals surface area (Å²) in [6.45, 7) is 3.52. The molecule has 0 bridgehead atoms. The summed E-state index contributed by atoms with van der Waals surface area (Å²) in [6.07, 6.45) is 1.50. The number of carbonyl (C=O) groups is 2. The van der Waals surface area contributed by atoms with Crippen molar-refractivity contribution >= 4 is 27.8 Å². The van der Waals surface area contributed by atoms with Crippen LogP contribution < -0.4 is 10.1 Å². The molecule has 1 aromatic carbocycles. The van der Waals surface area contributed by atoms with Gasteiger partial charge in [0.25, 0.3) is 5.91 Å². The Balaban J connectivity index is 2.81. The third-order valence-electron chi connectivity index (χ3n) is 2.53. The number of methoxy groups -OCH3 is 1. The van der Waals surface area contributed by atoms with Gasteiger partial charge in [0, 0.05) is 4.47 Å². The molecule has 1 aromatic rings. The first kappa shape index (κ1) is 17.2. The molecule has 2 N–H and O–H groups in total. The van der Waals surface area contributed by atoms with Crippen LogP contribution >= 0.6 is 15.9 Å². The van der Waals surface area contributed by atoms with Crippen molar-refractivity contribution < 1.29 is 24.2 Å². The Morgan fingerprint density at radius 2 is 2.24 bits per heavy atom. The first-order valence-electron chi connectivity index (χ1n) is 6.05. The number of benzene rings is 1. The highest BCUT2D eigenvalue weighted by Gasteiger charge is 2.22. The van der Waals surface area contributed by atoms with Gasteiger partial charge < -0.3 is 19.9 Å². The summed E-state index contributed by atoms with van der Waals surface area (Å²) in [5.74, 6) is -1.38. The molecule has 0 fully saturated rings.